The molecule has 14 heterocycles. The van der Waals surface area contributed by atoms with Gasteiger partial charge in [-0.1, -0.05) is 20.8 Å². The largest absolute Gasteiger partial charge is 0.552 e. The quantitative estimate of drug-likeness (QED) is 0.0694. The zero-order chi connectivity index (χ0) is 71.0. The summed E-state index contributed by atoms with van der Waals surface area (Å²) >= 11 is 0. The zero-order valence-electron chi connectivity index (χ0n) is 60.1. The van der Waals surface area contributed by atoms with E-state index in [-0.39, 0.29) is 54.5 Å². The first-order valence-corrected chi connectivity index (χ1v) is 42.7. The van der Waals surface area contributed by atoms with Crippen molar-refractivity contribution < 1.29 is 45.5 Å². The van der Waals surface area contributed by atoms with E-state index in [1.807, 2.05) is 49.3 Å². The van der Waals surface area contributed by atoms with E-state index in [1.54, 1.807) is 31.3 Å². The Hall–Kier alpha value is -7.22. The molecule has 6 N–H and O–H groups in total. The number of pyridine rings is 4. The van der Waals surface area contributed by atoms with Crippen LogP contribution in [0.3, 0.4) is 0 Å². The Bertz CT molecular complexity index is 4970. The van der Waals surface area contributed by atoms with Gasteiger partial charge in [-0.05, 0) is 233 Å². The van der Waals surface area contributed by atoms with Crippen molar-refractivity contribution >= 4 is 126 Å². The number of allylic oxidation sites excluding steroid dienone is 2. The molecule has 13 fully saturated rings. The van der Waals surface area contributed by atoms with Gasteiger partial charge in [0, 0.05) is 136 Å². The van der Waals surface area contributed by atoms with Gasteiger partial charge in [0.25, 0.3) is 0 Å². The predicted octanol–water partition coefficient (Wildman–Crippen LogP) is 10.1. The van der Waals surface area contributed by atoms with E-state index < -0.39 is 33.9 Å². The van der Waals surface area contributed by atoms with Crippen LogP contribution in [0, 0.1) is 81.8 Å². The molecule has 0 aromatic carbocycles. The number of sulfone groups is 2. The van der Waals surface area contributed by atoms with Crippen molar-refractivity contribution in [3.05, 3.63) is 108 Å². The molecule has 0 spiro atoms. The van der Waals surface area contributed by atoms with E-state index in [0.29, 0.717) is 39.9 Å². The van der Waals surface area contributed by atoms with Gasteiger partial charge in [-0.25, -0.2) is 36.8 Å². The number of nitrogens with zero attached hydrogens (tertiary/aromatic N) is 8. The minimum Gasteiger partial charge on any atom is -0.531 e. The molecule has 4 unspecified atom stereocenters. The van der Waals surface area contributed by atoms with Gasteiger partial charge in [0.05, 0.1) is 40.6 Å². The molecule has 544 valence electrons. The molecule has 8 aromatic heterocycles. The Morgan fingerprint density at radius 1 is 0.524 bits per heavy atom. The molecule has 4 atom stereocenters. The Labute approximate surface area is 614 Å². The van der Waals surface area contributed by atoms with Crippen LogP contribution in [0.1, 0.15) is 159 Å². The lowest BCUT2D eigenvalue weighted by atomic mass is 9.45. The van der Waals surface area contributed by atoms with Gasteiger partial charge in [-0.2, -0.15) is 10.2 Å². The highest BCUT2D eigenvalue weighted by Crippen LogP contribution is 2.65. The van der Waals surface area contributed by atoms with E-state index >= 15 is 0 Å². The number of H-pyrrole nitrogens is 4. The maximum Gasteiger partial charge on any atom is 0.552 e. The molecule has 105 heavy (non-hydrogen) atoms. The van der Waals surface area contributed by atoms with Crippen LogP contribution in [-0.4, -0.2) is 165 Å². The smallest absolute Gasteiger partial charge is 0.531 e. The summed E-state index contributed by atoms with van der Waals surface area (Å²) in [6, 6.07) is 8.29. The molecule has 0 amide bonds. The van der Waals surface area contributed by atoms with Crippen molar-refractivity contribution in [2.24, 2.45) is 92.0 Å². The van der Waals surface area contributed by atoms with Crippen molar-refractivity contribution in [2.45, 2.75) is 142 Å². The van der Waals surface area contributed by atoms with E-state index in [2.05, 4.69) is 65.7 Å². The second kappa shape index (κ2) is 25.4. The molecule has 17 aliphatic rings. The van der Waals surface area contributed by atoms with Gasteiger partial charge in [0.15, 0.2) is 9.84 Å². The van der Waals surface area contributed by atoms with Gasteiger partial charge in [-0.3, -0.25) is 0 Å². The van der Waals surface area contributed by atoms with Crippen molar-refractivity contribution in [1.82, 2.24) is 49.7 Å². The summed E-state index contributed by atoms with van der Waals surface area (Å²) in [5.41, 5.74) is 16.6. The molecule has 6 aliphatic heterocycles. The SMILES string of the molecule is CC12CC3CC(C1)C(C1=NN4CCCOB4c4cnc5[nH]ccc5c41)C(C3)C2.CC12CC3CC(C1)C(C1=NN4CCCOB4c4cnc5[nH]ccc5c41)C(C3)C2.CCS(=O)(=O)CC1CC(C2=CB(O)Oc3cnc4[nH]ccc4c32)C1.O=S(=O)(CC1CC(C2=CB(O)Oc3cnc4[nH]ccc4c32)C1)C1CC1. The molecule has 0 radical (unpaired) electrons. The first-order chi connectivity index (χ1) is 50.8. The van der Waals surface area contributed by atoms with Gasteiger partial charge >= 0.3 is 28.3 Å². The monoisotopic (exact) mass is 1450 g/mol. The number of nitrogens with one attached hydrogen (secondary N) is 4. The number of aromatic amines is 4. The Morgan fingerprint density at radius 2 is 0.914 bits per heavy atom. The summed E-state index contributed by atoms with van der Waals surface area (Å²) in [4.78, 5) is 35.3. The average molecular weight is 1450 g/mol. The highest BCUT2D eigenvalue weighted by atomic mass is 32.2. The molecule has 28 heteroatoms. The minimum atomic E-state index is -2.94. The number of hydrogen-bond donors (Lipinski definition) is 6. The average Bonchev–Trinajstić information content (AvgIpc) is 1.60. The van der Waals surface area contributed by atoms with Crippen LogP contribution in [-0.2, 0) is 29.0 Å². The van der Waals surface area contributed by atoms with Crippen LogP contribution in [0.4, 0.5) is 0 Å². The van der Waals surface area contributed by atoms with E-state index in [0.717, 1.165) is 169 Å². The van der Waals surface area contributed by atoms with Crippen LogP contribution in [0.5, 0.6) is 11.5 Å². The van der Waals surface area contributed by atoms with Crippen LogP contribution in [0.25, 0.3) is 55.3 Å². The normalized spacial score (nSPS) is 32.1. The minimum absolute atomic E-state index is 0.0614. The summed E-state index contributed by atoms with van der Waals surface area (Å²) in [6.45, 7) is 10.4. The third-order valence-electron chi connectivity index (χ3n) is 27.3. The summed E-state index contributed by atoms with van der Waals surface area (Å²) in [6.07, 6.45) is 36.3. The van der Waals surface area contributed by atoms with Crippen molar-refractivity contribution in [2.75, 3.05) is 43.6 Å². The van der Waals surface area contributed by atoms with Crippen molar-refractivity contribution in [1.29, 1.82) is 0 Å². The lowest BCUT2D eigenvalue weighted by molar-refractivity contribution is -0.0640. The van der Waals surface area contributed by atoms with Crippen LogP contribution in [0.15, 0.2) is 96.0 Å². The maximum atomic E-state index is 12.2. The lowest BCUT2D eigenvalue weighted by Crippen LogP contribution is -2.59. The Kier molecular flexibility index (Phi) is 16.3. The second-order valence-electron chi connectivity index (χ2n) is 34.8. The van der Waals surface area contributed by atoms with Crippen LogP contribution >= 0.6 is 0 Å². The summed E-state index contributed by atoms with van der Waals surface area (Å²) in [7, 11) is -7.93. The molecule has 2 saturated heterocycles. The predicted molar refractivity (Wildman–Crippen MR) is 410 cm³/mol. The Morgan fingerprint density at radius 3 is 1.30 bits per heavy atom. The lowest BCUT2D eigenvalue weighted by Gasteiger charge is -2.59. The number of fused-ring (bicyclic) bond motifs is 16. The number of aromatic nitrogens is 8. The fraction of sp³-hybridized carbons (Fsp3) is 0.558. The summed E-state index contributed by atoms with van der Waals surface area (Å²) < 4.78 is 71.3. The first-order valence-electron chi connectivity index (χ1n) is 39.2. The standard InChI is InChI=1S/2C22H27BN4O.C17H19BN2O4S.C16H19BN2O4S/c2*1-22-9-13-7-14(10-22)18(15(8-13)11-22)20-19-16-3-4-24-21(16)25-12-17(19)23-27(26-20)5-2-6-28-23;21-18-7-14(11-5-10(6-11)9-25(22,23)12-1-2-12)16-13-3-4-19-17(13)20-8-15(16)24-18;1-2-24(21,22)9-10-5-11(6-10)13-7-17(20)23-14-8-19-16-12(15(13)14)3-4-18-16/h2*3-4,12-15,18H,2,5-11H2,1H3,(H,24,25);3-4,7-8,10-12,21H,1-2,5-6,9H2,(H,19,20);3-4,7-8,10-11,20H,2,5-6,9H2,1H3,(H,18,19). The van der Waals surface area contributed by atoms with Crippen LogP contribution < -0.4 is 20.2 Å². The number of rotatable bonds is 10. The van der Waals surface area contributed by atoms with Gasteiger partial charge in [-0.15, -0.1) is 0 Å². The molecule has 11 saturated carbocycles. The van der Waals surface area contributed by atoms with Crippen molar-refractivity contribution in [3.8, 4) is 11.5 Å². The van der Waals surface area contributed by atoms with Gasteiger partial charge in [0.2, 0.25) is 0 Å². The number of hydrazone groups is 2. The van der Waals surface area contributed by atoms with E-state index in [9.17, 15) is 26.9 Å². The van der Waals surface area contributed by atoms with E-state index in [4.69, 9.17) is 38.8 Å². The number of hydrogen-bond acceptors (Lipinski definition) is 18. The third-order valence-corrected chi connectivity index (χ3v) is 31.6. The molecular weight excluding hydrogens is 1360 g/mol. The van der Waals surface area contributed by atoms with E-state index in [1.165, 1.54) is 108 Å². The molecule has 11 aliphatic carbocycles. The second-order valence-corrected chi connectivity index (χ2v) is 39.5. The highest BCUT2D eigenvalue weighted by Gasteiger charge is 2.58. The third kappa shape index (κ3) is 11.9. The fourth-order valence-electron chi connectivity index (χ4n) is 23.4. The maximum absolute atomic E-state index is 12.2. The molecule has 8 bridgehead atoms. The molecule has 22 nitrogen and oxygen atoms in total. The van der Waals surface area contributed by atoms with Crippen molar-refractivity contribution in [3.63, 3.8) is 0 Å². The zero-order valence-corrected chi connectivity index (χ0v) is 61.8. The Balaban J connectivity index is 0.0000000932. The molecule has 25 rings (SSSR count). The first kappa shape index (κ1) is 67.2. The molecule has 8 aromatic rings. The topological polar surface area (TPSA) is 292 Å². The summed E-state index contributed by atoms with van der Waals surface area (Å²) in [5, 5.41) is 35.0. The van der Waals surface area contributed by atoms with Gasteiger partial charge < -0.3 is 58.4 Å². The highest BCUT2D eigenvalue weighted by molar-refractivity contribution is 7.92. The fourth-order valence-corrected chi connectivity index (χ4v) is 26.7. The molecular formula is C77H92B4N12O10S2. The van der Waals surface area contributed by atoms with Gasteiger partial charge in [0.1, 0.15) is 43.9 Å². The van der Waals surface area contributed by atoms with Crippen LogP contribution in [0.2, 0.25) is 0 Å². The summed E-state index contributed by atoms with van der Waals surface area (Å²) in [5.74, 6) is 12.7.